The van der Waals surface area contributed by atoms with E-state index in [-0.39, 0.29) is 69.6 Å². The number of rotatable bonds is 5. The van der Waals surface area contributed by atoms with Crippen LogP contribution < -0.4 is 10.0 Å². The number of nitrogens with one attached hydrogen (secondary N) is 2. The van der Waals surface area contributed by atoms with Gasteiger partial charge in [0.2, 0.25) is 10.0 Å². The van der Waals surface area contributed by atoms with Gasteiger partial charge in [-0.2, -0.15) is 8.42 Å². The van der Waals surface area contributed by atoms with Crippen LogP contribution in [0.1, 0.15) is 30.4 Å². The van der Waals surface area contributed by atoms with Crippen LogP contribution in [-0.4, -0.2) is 50.9 Å². The van der Waals surface area contributed by atoms with E-state index >= 15 is 0 Å². The Balaban J connectivity index is 1.41. The lowest BCUT2D eigenvalue weighted by atomic mass is 9.77. The minimum absolute atomic E-state index is 0.0393. The third-order valence-corrected chi connectivity index (χ3v) is 10.1. The second kappa shape index (κ2) is 8.78. The number of benzene rings is 2. The first-order valence-electron chi connectivity index (χ1n) is 12.6. The Labute approximate surface area is 225 Å². The van der Waals surface area contributed by atoms with E-state index in [1.165, 1.54) is 18.2 Å². The van der Waals surface area contributed by atoms with Crippen LogP contribution in [0.3, 0.4) is 0 Å². The number of fused-ring (bicyclic) bond motifs is 6. The van der Waals surface area contributed by atoms with Crippen molar-refractivity contribution in [2.24, 2.45) is 22.2 Å². The molecule has 3 N–H and O–H groups in total. The van der Waals surface area contributed by atoms with Crippen molar-refractivity contribution in [3.05, 3.63) is 64.7 Å². The Hall–Kier alpha value is -3.45. The van der Waals surface area contributed by atoms with Gasteiger partial charge in [0.1, 0.15) is 22.0 Å². The number of nitrogens with zero attached hydrogens (tertiary/aromatic N) is 2. The molecule has 2 bridgehead atoms. The number of hydrogen-bond acceptors (Lipinski definition) is 7. The SMILES string of the molecule is Cc1ccc(CN2C(=O)C(C3=NS(=O)(=O)c4cc(NS(C)(=O)=O)ccc4N3)=C(O)[C@@H]3[C@H]4CC[C@@H](C4)[C@@H]32)cc1F. The number of aliphatic hydroxyl groups excluding tert-OH is 1. The molecule has 2 aliphatic carbocycles. The molecule has 2 aromatic rings. The largest absolute Gasteiger partial charge is 0.511 e. The van der Waals surface area contributed by atoms with Gasteiger partial charge in [-0.05, 0) is 73.4 Å². The van der Waals surface area contributed by atoms with Crippen molar-refractivity contribution >= 4 is 43.2 Å². The fourth-order valence-electron chi connectivity index (χ4n) is 6.53. The fourth-order valence-corrected chi connectivity index (χ4v) is 8.23. The van der Waals surface area contributed by atoms with Crippen LogP contribution in [0.5, 0.6) is 0 Å². The molecule has 2 saturated carbocycles. The minimum atomic E-state index is -4.36. The van der Waals surface area contributed by atoms with E-state index in [9.17, 15) is 31.1 Å². The first-order chi connectivity index (χ1) is 18.3. The van der Waals surface area contributed by atoms with Crippen LogP contribution in [0.15, 0.2) is 57.0 Å². The summed E-state index contributed by atoms with van der Waals surface area (Å²) in [6.45, 7) is 1.76. The predicted octanol–water partition coefficient (Wildman–Crippen LogP) is 3.29. The molecular weight excluding hydrogens is 547 g/mol. The average molecular weight is 575 g/mol. The summed E-state index contributed by atoms with van der Waals surface area (Å²) in [5, 5.41) is 14.3. The van der Waals surface area contributed by atoms with E-state index in [1.807, 2.05) is 0 Å². The summed E-state index contributed by atoms with van der Waals surface area (Å²) in [4.78, 5) is 15.3. The number of aryl methyl sites for hydroxylation is 1. The van der Waals surface area contributed by atoms with E-state index in [0.717, 1.165) is 31.6 Å². The van der Waals surface area contributed by atoms with E-state index < -0.39 is 26.0 Å². The number of hydrogen-bond donors (Lipinski definition) is 3. The molecule has 13 heteroatoms. The van der Waals surface area contributed by atoms with E-state index in [4.69, 9.17) is 0 Å². The molecule has 10 nitrogen and oxygen atoms in total. The van der Waals surface area contributed by atoms with Gasteiger partial charge in [-0.1, -0.05) is 12.1 Å². The molecule has 6 rings (SSSR count). The summed E-state index contributed by atoms with van der Waals surface area (Å²) in [5.74, 6) is -1.48. The van der Waals surface area contributed by atoms with Crippen LogP contribution >= 0.6 is 0 Å². The minimum Gasteiger partial charge on any atom is -0.511 e. The maximum absolute atomic E-state index is 14.3. The molecule has 2 fully saturated rings. The molecular formula is C26H27FN4O6S2. The molecule has 206 valence electrons. The van der Waals surface area contributed by atoms with E-state index in [2.05, 4.69) is 14.4 Å². The first-order valence-corrected chi connectivity index (χ1v) is 15.9. The maximum Gasteiger partial charge on any atom is 0.286 e. The molecule has 0 unspecified atom stereocenters. The van der Waals surface area contributed by atoms with Crippen molar-refractivity contribution in [3.63, 3.8) is 0 Å². The van der Waals surface area contributed by atoms with Crippen molar-refractivity contribution < 1.29 is 31.1 Å². The molecule has 1 amide bonds. The number of carbonyl (C=O) groups is 1. The number of anilines is 2. The highest BCUT2D eigenvalue weighted by atomic mass is 32.2. The van der Waals surface area contributed by atoms with Crippen molar-refractivity contribution in [2.75, 3.05) is 16.3 Å². The van der Waals surface area contributed by atoms with Crippen LogP contribution in [0.25, 0.3) is 0 Å². The first kappa shape index (κ1) is 25.8. The number of amides is 1. The zero-order chi connectivity index (χ0) is 27.9. The topological polar surface area (TPSA) is 145 Å². The second-order valence-electron chi connectivity index (χ2n) is 10.8. The summed E-state index contributed by atoms with van der Waals surface area (Å²) in [7, 11) is -8.01. The van der Waals surface area contributed by atoms with E-state index in [1.54, 1.807) is 24.0 Å². The lowest BCUT2D eigenvalue weighted by molar-refractivity contribution is -0.134. The number of sulfonamides is 2. The molecule has 0 aromatic heterocycles. The summed E-state index contributed by atoms with van der Waals surface area (Å²) in [6, 6.07) is 8.41. The summed E-state index contributed by atoms with van der Waals surface area (Å²) >= 11 is 0. The van der Waals surface area contributed by atoms with E-state index in [0.29, 0.717) is 11.1 Å². The highest BCUT2D eigenvalue weighted by Crippen LogP contribution is 2.55. The molecule has 2 aliphatic heterocycles. The number of aliphatic hydroxyl groups is 1. The van der Waals surface area contributed by atoms with Gasteiger partial charge in [0.05, 0.1) is 11.9 Å². The quantitative estimate of drug-likeness (QED) is 0.497. The molecule has 39 heavy (non-hydrogen) atoms. The van der Waals surface area contributed by atoms with Crippen molar-refractivity contribution in [1.29, 1.82) is 0 Å². The highest BCUT2D eigenvalue weighted by molar-refractivity contribution is 7.92. The zero-order valence-electron chi connectivity index (χ0n) is 21.2. The van der Waals surface area contributed by atoms with Crippen LogP contribution in [-0.2, 0) is 31.4 Å². The second-order valence-corrected chi connectivity index (χ2v) is 14.1. The lowest BCUT2D eigenvalue weighted by Gasteiger charge is -2.44. The van der Waals surface area contributed by atoms with Gasteiger partial charge in [0.15, 0.2) is 5.84 Å². The zero-order valence-corrected chi connectivity index (χ0v) is 22.8. The molecule has 0 spiro atoms. The Bertz CT molecular complexity index is 1700. The van der Waals surface area contributed by atoms with Gasteiger partial charge in [0, 0.05) is 24.2 Å². The molecule has 4 aliphatic rings. The summed E-state index contributed by atoms with van der Waals surface area (Å²) in [5.41, 5.74) is 0.992. The highest BCUT2D eigenvalue weighted by Gasteiger charge is 2.57. The van der Waals surface area contributed by atoms with Crippen molar-refractivity contribution in [3.8, 4) is 0 Å². The fraction of sp³-hybridized carbons (Fsp3) is 0.385. The molecule has 4 atom stereocenters. The van der Waals surface area contributed by atoms with Crippen LogP contribution in [0.2, 0.25) is 0 Å². The Kier molecular flexibility index (Phi) is 5.81. The van der Waals surface area contributed by atoms with Gasteiger partial charge in [0.25, 0.3) is 15.9 Å². The smallest absolute Gasteiger partial charge is 0.286 e. The maximum atomic E-state index is 14.3. The Morgan fingerprint density at radius 1 is 1.18 bits per heavy atom. The number of halogens is 1. The summed E-state index contributed by atoms with van der Waals surface area (Å²) in [6.07, 6.45) is 3.60. The average Bonchev–Trinajstić information content (AvgIpc) is 3.46. The normalized spacial score (nSPS) is 27.1. The van der Waals surface area contributed by atoms with Crippen molar-refractivity contribution in [2.45, 2.75) is 43.7 Å². The third kappa shape index (κ3) is 4.37. The summed E-state index contributed by atoms with van der Waals surface area (Å²) < 4.78 is 70.0. The lowest BCUT2D eigenvalue weighted by Crippen LogP contribution is -2.53. The van der Waals surface area contributed by atoms with Crippen LogP contribution in [0, 0.1) is 30.5 Å². The van der Waals surface area contributed by atoms with Gasteiger partial charge in [-0.25, -0.2) is 12.8 Å². The standard InChI is InChI=1S/C26H27FN4O6S2/c1-13-3-4-14(9-18(13)27)12-31-23-16-6-5-15(10-16)21(23)24(32)22(26(31)33)25-28-19-8-7-17(29-38(2,34)35)11-20(19)39(36,37)30-25/h3-4,7-9,11,15-16,21,23,29,32H,5-6,10,12H2,1-2H3,(H,28,30)/t15-,16-,21+,23-/m0/s1. The molecule has 2 aromatic carbocycles. The molecule has 0 saturated heterocycles. The Morgan fingerprint density at radius 2 is 1.92 bits per heavy atom. The molecule has 0 radical (unpaired) electrons. The monoisotopic (exact) mass is 574 g/mol. The molecule has 2 heterocycles. The third-order valence-electron chi connectivity index (χ3n) is 8.13. The number of amidine groups is 1. The predicted molar refractivity (Wildman–Crippen MR) is 143 cm³/mol. The van der Waals surface area contributed by atoms with Crippen LogP contribution in [0.4, 0.5) is 15.8 Å². The van der Waals surface area contributed by atoms with Gasteiger partial charge < -0.3 is 15.3 Å². The van der Waals surface area contributed by atoms with Gasteiger partial charge in [-0.3, -0.25) is 9.52 Å². The van der Waals surface area contributed by atoms with Crippen molar-refractivity contribution in [1.82, 2.24) is 4.90 Å². The van der Waals surface area contributed by atoms with Gasteiger partial charge >= 0.3 is 0 Å². The number of carbonyl (C=O) groups excluding carboxylic acids is 1. The Morgan fingerprint density at radius 3 is 2.64 bits per heavy atom. The van der Waals surface area contributed by atoms with Gasteiger partial charge in [-0.15, -0.1) is 4.40 Å².